The largest absolute Gasteiger partial charge is 0.359 e. The fourth-order valence-corrected chi connectivity index (χ4v) is 4.67. The monoisotopic (exact) mass is 472 g/mol. The van der Waals surface area contributed by atoms with Crippen molar-refractivity contribution in [1.29, 1.82) is 0 Å². The molecule has 0 fully saturated rings. The van der Waals surface area contributed by atoms with E-state index in [2.05, 4.69) is 15.0 Å². The van der Waals surface area contributed by atoms with Crippen molar-refractivity contribution in [3.63, 3.8) is 0 Å². The second-order valence-corrected chi connectivity index (χ2v) is 9.00. The lowest BCUT2D eigenvalue weighted by Gasteiger charge is -2.13. The minimum Gasteiger partial charge on any atom is -0.359 e. The van der Waals surface area contributed by atoms with Gasteiger partial charge in [0.15, 0.2) is 5.76 Å². The van der Waals surface area contributed by atoms with Gasteiger partial charge in [-0.15, -0.1) is 0 Å². The minimum atomic E-state index is -4.22. The molecule has 0 atom stereocenters. The smallest absolute Gasteiger partial charge is 0.271 e. The number of sulfonamides is 1. The van der Waals surface area contributed by atoms with E-state index in [1.54, 1.807) is 32.9 Å². The zero-order valence-corrected chi connectivity index (χ0v) is 18.6. The maximum atomic E-state index is 14.0. The lowest BCUT2D eigenvalue weighted by Crippen LogP contribution is -2.21. The highest BCUT2D eigenvalue weighted by Gasteiger charge is 2.21. The molecular formula is C22H18F2N4O4S. The average molecular weight is 472 g/mol. The van der Waals surface area contributed by atoms with Gasteiger partial charge in [-0.3, -0.25) is 9.52 Å². The maximum absolute atomic E-state index is 14.0. The number of hydrogen-bond acceptors (Lipinski definition) is 6. The van der Waals surface area contributed by atoms with Crippen LogP contribution in [-0.2, 0) is 10.0 Å². The molecule has 0 spiro atoms. The molecule has 2 aromatic heterocycles. The molecule has 1 N–H and O–H groups in total. The molecule has 4 rings (SSSR count). The van der Waals surface area contributed by atoms with Gasteiger partial charge in [-0.05, 0) is 50.6 Å². The first-order valence-corrected chi connectivity index (χ1v) is 11.2. The Morgan fingerprint density at radius 2 is 1.76 bits per heavy atom. The van der Waals surface area contributed by atoms with Gasteiger partial charge in [-0.2, -0.15) is 9.78 Å². The summed E-state index contributed by atoms with van der Waals surface area (Å²) >= 11 is 0. The second-order valence-electron chi connectivity index (χ2n) is 7.35. The second kappa shape index (κ2) is 8.24. The van der Waals surface area contributed by atoms with Crippen molar-refractivity contribution in [2.24, 2.45) is 0 Å². The van der Waals surface area contributed by atoms with Crippen molar-refractivity contribution in [3.8, 4) is 16.9 Å². The summed E-state index contributed by atoms with van der Waals surface area (Å²) in [6, 6.07) is 9.88. The number of nitrogens with one attached hydrogen (secondary N) is 1. The van der Waals surface area contributed by atoms with Crippen LogP contribution >= 0.6 is 0 Å². The molecule has 0 unspecified atom stereocenters. The van der Waals surface area contributed by atoms with Gasteiger partial charge in [0.2, 0.25) is 0 Å². The molecular weight excluding hydrogens is 454 g/mol. The predicted molar refractivity (Wildman–Crippen MR) is 117 cm³/mol. The van der Waals surface area contributed by atoms with Crippen molar-refractivity contribution >= 4 is 15.7 Å². The summed E-state index contributed by atoms with van der Waals surface area (Å²) in [5, 5.41) is 8.18. The number of aromatic nitrogens is 3. The topological polar surface area (TPSA) is 107 Å². The van der Waals surface area contributed by atoms with Crippen LogP contribution in [-0.4, -0.2) is 23.4 Å². The minimum absolute atomic E-state index is 0.124. The van der Waals surface area contributed by atoms with Crippen LogP contribution in [0.2, 0.25) is 0 Å². The average Bonchev–Trinajstić information content (AvgIpc) is 3.09. The highest BCUT2D eigenvalue weighted by atomic mass is 32.2. The fourth-order valence-electron chi connectivity index (χ4n) is 3.33. The van der Waals surface area contributed by atoms with Gasteiger partial charge in [0.25, 0.3) is 15.6 Å². The normalized spacial score (nSPS) is 11.5. The number of rotatable bonds is 5. The summed E-state index contributed by atoms with van der Waals surface area (Å²) in [7, 11) is -4.22. The van der Waals surface area contributed by atoms with E-state index in [4.69, 9.17) is 4.52 Å². The molecule has 0 aliphatic carbocycles. The van der Waals surface area contributed by atoms with Gasteiger partial charge in [0, 0.05) is 17.7 Å². The number of nitrogens with zero attached hydrogens (tertiary/aromatic N) is 3. The van der Waals surface area contributed by atoms with Gasteiger partial charge >= 0.3 is 0 Å². The van der Waals surface area contributed by atoms with E-state index in [1.807, 2.05) is 0 Å². The number of benzene rings is 2. The zero-order valence-electron chi connectivity index (χ0n) is 17.8. The number of hydrogen-bond donors (Lipinski definition) is 1. The molecule has 2 heterocycles. The predicted octanol–water partition coefficient (Wildman–Crippen LogP) is 3.89. The quantitative estimate of drug-likeness (QED) is 0.472. The fraction of sp³-hybridized carbons (Fsp3) is 0.136. The van der Waals surface area contributed by atoms with Crippen LogP contribution < -0.4 is 10.3 Å². The van der Waals surface area contributed by atoms with E-state index < -0.39 is 27.2 Å². The molecule has 11 heteroatoms. The zero-order chi connectivity index (χ0) is 23.9. The molecule has 0 radical (unpaired) electrons. The Kier molecular flexibility index (Phi) is 5.58. The van der Waals surface area contributed by atoms with Gasteiger partial charge in [0.1, 0.15) is 23.0 Å². The van der Waals surface area contributed by atoms with Crippen LogP contribution in [0.25, 0.3) is 16.9 Å². The molecule has 0 bridgehead atoms. The van der Waals surface area contributed by atoms with Crippen molar-refractivity contribution in [2.45, 2.75) is 25.7 Å². The highest BCUT2D eigenvalue weighted by Crippen LogP contribution is 2.27. The third kappa shape index (κ3) is 4.27. The maximum Gasteiger partial charge on any atom is 0.271 e. The molecule has 0 aliphatic heterocycles. The van der Waals surface area contributed by atoms with Gasteiger partial charge in [-0.25, -0.2) is 17.2 Å². The van der Waals surface area contributed by atoms with Crippen LogP contribution in [0, 0.1) is 32.4 Å². The first kappa shape index (κ1) is 22.3. The Bertz CT molecular complexity index is 1520. The highest BCUT2D eigenvalue weighted by molar-refractivity contribution is 7.92. The Balaban J connectivity index is 1.78. The van der Waals surface area contributed by atoms with Gasteiger partial charge < -0.3 is 4.52 Å². The van der Waals surface area contributed by atoms with E-state index in [0.717, 1.165) is 16.8 Å². The van der Waals surface area contributed by atoms with Gasteiger partial charge in [-0.1, -0.05) is 17.3 Å². The molecule has 0 aliphatic rings. The van der Waals surface area contributed by atoms with E-state index in [9.17, 15) is 22.0 Å². The summed E-state index contributed by atoms with van der Waals surface area (Å²) in [6.07, 6.45) is 0. The summed E-state index contributed by atoms with van der Waals surface area (Å²) in [5.74, 6) is -1.47. The first-order chi connectivity index (χ1) is 15.6. The third-order valence-corrected chi connectivity index (χ3v) is 6.46. The Morgan fingerprint density at radius 3 is 2.42 bits per heavy atom. The summed E-state index contributed by atoms with van der Waals surface area (Å²) < 4.78 is 61.5. The Hall–Kier alpha value is -3.86. The summed E-state index contributed by atoms with van der Waals surface area (Å²) in [5.41, 5.74) is 1.19. The SMILES string of the molecule is Cc1ccc(-c2ccc(=O)n(-c3c(C)noc3C)n2)cc1S(=O)(=O)Nc1ccc(F)cc1F. The van der Waals surface area contributed by atoms with Gasteiger partial charge in [0.05, 0.1) is 16.3 Å². The molecule has 0 saturated heterocycles. The van der Waals surface area contributed by atoms with Crippen molar-refractivity contribution in [3.05, 3.63) is 87.5 Å². The number of anilines is 1. The molecule has 4 aromatic rings. The molecule has 2 aromatic carbocycles. The van der Waals surface area contributed by atoms with Crippen molar-refractivity contribution < 1.29 is 21.7 Å². The first-order valence-electron chi connectivity index (χ1n) is 9.69. The van der Waals surface area contributed by atoms with Crippen LogP contribution in [0.3, 0.4) is 0 Å². The van der Waals surface area contributed by atoms with E-state index >= 15 is 0 Å². The summed E-state index contributed by atoms with van der Waals surface area (Å²) in [4.78, 5) is 12.3. The lowest BCUT2D eigenvalue weighted by molar-refractivity contribution is 0.392. The van der Waals surface area contributed by atoms with Crippen molar-refractivity contribution in [1.82, 2.24) is 14.9 Å². The van der Waals surface area contributed by atoms with Crippen molar-refractivity contribution in [2.75, 3.05) is 4.72 Å². The molecule has 33 heavy (non-hydrogen) atoms. The molecule has 0 saturated carbocycles. The molecule has 0 amide bonds. The Labute approximate surface area is 187 Å². The van der Waals surface area contributed by atoms with Crippen LogP contribution in [0.5, 0.6) is 0 Å². The molecule has 170 valence electrons. The number of halogens is 2. The summed E-state index contributed by atoms with van der Waals surface area (Å²) in [6.45, 7) is 4.90. The standard InChI is InChI=1S/C22H18F2N4O4S/c1-12-4-5-15(10-20(12)33(30,31)27-19-7-6-16(23)11-17(19)24)18-8-9-21(29)28(25-18)22-13(2)26-32-14(22)3/h4-11,27H,1-3H3. The van der Waals surface area contributed by atoms with E-state index in [1.165, 1.54) is 18.2 Å². The Morgan fingerprint density at radius 1 is 1.00 bits per heavy atom. The molecule has 8 nitrogen and oxygen atoms in total. The van der Waals surface area contributed by atoms with Crippen LogP contribution in [0.4, 0.5) is 14.5 Å². The van der Waals surface area contributed by atoms with E-state index in [-0.39, 0.29) is 10.6 Å². The van der Waals surface area contributed by atoms with E-state index in [0.29, 0.717) is 40.0 Å². The third-order valence-electron chi connectivity index (χ3n) is 4.96. The number of aryl methyl sites for hydroxylation is 3. The van der Waals surface area contributed by atoms with Crippen LogP contribution in [0.15, 0.2) is 62.7 Å². The van der Waals surface area contributed by atoms with Crippen LogP contribution in [0.1, 0.15) is 17.0 Å². The lowest BCUT2D eigenvalue weighted by atomic mass is 10.1.